The van der Waals surface area contributed by atoms with Crippen LogP contribution in [0, 0.1) is 17.8 Å². The second-order valence-electron chi connectivity index (χ2n) is 29.8. The van der Waals surface area contributed by atoms with Crippen LogP contribution < -0.4 is 91.6 Å². The monoisotopic (exact) mass is 1690 g/mol. The summed E-state index contributed by atoms with van der Waals surface area (Å²) in [4.78, 5) is 245. The van der Waals surface area contributed by atoms with E-state index in [1.54, 1.807) is 78.1 Å². The van der Waals surface area contributed by atoms with Gasteiger partial charge in [0.1, 0.15) is 84.6 Å². The van der Waals surface area contributed by atoms with Crippen LogP contribution in [0.3, 0.4) is 0 Å². The number of aliphatic carboxylic acids is 2. The van der Waals surface area contributed by atoms with Gasteiger partial charge in [0.05, 0.1) is 44.6 Å². The average molecular weight is 1700 g/mol. The molecule has 1 aliphatic heterocycles. The van der Waals surface area contributed by atoms with E-state index in [-0.39, 0.29) is 88.5 Å². The molecule has 43 nitrogen and oxygen atoms in total. The number of primary amides is 1. The van der Waals surface area contributed by atoms with Crippen molar-refractivity contribution >= 4 is 118 Å². The summed E-state index contributed by atoms with van der Waals surface area (Å²) in [5, 5.41) is 106. The lowest BCUT2D eigenvalue weighted by molar-refractivity contribution is -0.145. The molecule has 1 fully saturated rings. The van der Waals surface area contributed by atoms with E-state index in [2.05, 4.69) is 74.4 Å². The van der Waals surface area contributed by atoms with Crippen LogP contribution in [0.2, 0.25) is 0 Å². The van der Waals surface area contributed by atoms with Gasteiger partial charge in [0.25, 0.3) is 0 Å². The number of nitrogens with two attached hydrogens (primary N) is 3. The number of carboxylic acids is 2. The molecule has 17 unspecified atom stereocenters. The normalized spacial score (nSPS) is 16.6. The van der Waals surface area contributed by atoms with Crippen LogP contribution in [0.5, 0.6) is 0 Å². The number of nitrogens with one attached hydrogen (secondary N) is 14. The number of hydrogen-bond donors (Lipinski definition) is 24. The summed E-state index contributed by atoms with van der Waals surface area (Å²) < 4.78 is 0. The van der Waals surface area contributed by atoms with E-state index in [0.717, 1.165) is 18.7 Å². The van der Waals surface area contributed by atoms with Gasteiger partial charge in [-0.3, -0.25) is 81.5 Å². The first-order chi connectivity index (χ1) is 55.4. The maximum Gasteiger partial charge on any atom is 0.326 e. The molecule has 2 rings (SSSR count). The number of carbonyl (C=O) groups excluding carboxylic acids is 16. The summed E-state index contributed by atoms with van der Waals surface area (Å²) >= 11 is 1.27. The number of hydrogen-bond acceptors (Lipinski definition) is 26. The molecule has 0 saturated carbocycles. The Bertz CT molecular complexity index is 3560. The molecule has 0 aliphatic carbocycles. The summed E-state index contributed by atoms with van der Waals surface area (Å²) in [6.07, 6.45) is -6.18. The maximum absolute atomic E-state index is 14.5. The van der Waals surface area contributed by atoms with Crippen molar-refractivity contribution in [1.29, 1.82) is 0 Å². The van der Waals surface area contributed by atoms with Crippen molar-refractivity contribution in [3.63, 3.8) is 0 Å². The van der Waals surface area contributed by atoms with E-state index in [4.69, 9.17) is 17.2 Å². The van der Waals surface area contributed by atoms with Crippen LogP contribution in [-0.2, 0) is 92.7 Å². The highest BCUT2D eigenvalue weighted by Gasteiger charge is 2.44. The second-order valence-corrected chi connectivity index (χ2v) is 30.8. The van der Waals surface area contributed by atoms with E-state index in [0.29, 0.717) is 5.56 Å². The van der Waals surface area contributed by atoms with E-state index in [9.17, 15) is 122 Å². The number of benzene rings is 1. The molecular weight excluding hydrogens is 1570 g/mol. The standard InChI is InChI=1S/C74H122N18O25S/c1-36(2)29-47(66(108)88-57(38(5)6)70(112)90-59(40(8)96)71(113)85-49(74(116)117)30-37(3)4)84-69(111)52-20-16-27-92(52)73(115)60(41(9)97)91-63(105)44(21-23-53(77)98)81-67(109)50(34-93)86-61(103)43(19-14-15-26-75)80-62(104)45(22-24-56(101)102)82-68(110)51(35-94)87-72(114)58(39(7)95)89-64(106)46(25-28-118-10)83-65(107)48(31-42-17-12-11-13-18-42)79-55(100)33-78-54(99)32-76/h11-13,17-18,36-41,43-52,57-60,93-97H,14-16,19-35,75-76H2,1-10H3,(H2,77,98)(H,78,99)(H,79,100)(H,80,104)(H,81,109)(H,82,110)(H,83,107)(H,84,111)(H,85,113)(H,86,103)(H,87,114)(H,88,108)(H,89,106)(H,90,112)(H,91,105)(H,101,102)(H,116,117). The Labute approximate surface area is 687 Å². The van der Waals surface area contributed by atoms with Gasteiger partial charge < -0.3 is 132 Å². The Balaban J connectivity index is 2.41. The Morgan fingerprint density at radius 2 is 0.881 bits per heavy atom. The summed E-state index contributed by atoms with van der Waals surface area (Å²) in [5.74, 6) is -20.6. The third-order valence-electron chi connectivity index (χ3n) is 18.5. The topological polar surface area (TPSA) is 699 Å². The van der Waals surface area contributed by atoms with Crippen molar-refractivity contribution < 1.29 is 122 Å². The van der Waals surface area contributed by atoms with Crippen molar-refractivity contribution in [2.75, 3.05) is 51.4 Å². The van der Waals surface area contributed by atoms with Gasteiger partial charge in [-0.2, -0.15) is 11.8 Å². The van der Waals surface area contributed by atoms with Gasteiger partial charge in [0.15, 0.2) is 0 Å². The minimum Gasteiger partial charge on any atom is -0.481 e. The fraction of sp³-hybridized carbons (Fsp3) is 0.676. The molecule has 0 bridgehead atoms. The fourth-order valence-electron chi connectivity index (χ4n) is 12.1. The summed E-state index contributed by atoms with van der Waals surface area (Å²) in [6.45, 7) is 9.84. The van der Waals surface area contributed by atoms with Gasteiger partial charge in [0.2, 0.25) is 94.5 Å². The molecular formula is C74H122N18O25S. The number of aliphatic hydroxyl groups excluding tert-OH is 5. The SMILES string of the molecule is CSCCC(NC(=O)C(Cc1ccccc1)NC(=O)CNC(=O)CN)C(=O)NC(C(=O)NC(CO)C(=O)NC(CCC(=O)O)C(=O)NC(CCCCN)C(=O)NC(CO)C(=O)NC(CCC(N)=O)C(=O)NC(C(=O)N1CCCC1C(=O)NC(CC(C)C)C(=O)NC(C(=O)NC(C(=O)NC(CC(C)C)C(=O)O)C(C)O)C(C)C)C(C)O)C(C)O. The number of carboxylic acid groups (broad SMARTS) is 2. The third kappa shape index (κ3) is 36.7. The molecule has 1 saturated heterocycles. The van der Waals surface area contributed by atoms with Crippen LogP contribution in [-0.4, -0.2) is 301 Å². The molecule has 17 atom stereocenters. The number of thioether (sulfide) groups is 1. The van der Waals surface area contributed by atoms with Crippen LogP contribution in [0.1, 0.15) is 145 Å². The predicted molar refractivity (Wildman–Crippen MR) is 424 cm³/mol. The van der Waals surface area contributed by atoms with Gasteiger partial charge in [-0.05, 0) is 127 Å². The molecule has 0 spiro atoms. The summed E-state index contributed by atoms with van der Waals surface area (Å²) in [7, 11) is 0. The second kappa shape index (κ2) is 53.2. The zero-order valence-electron chi connectivity index (χ0n) is 68.1. The number of unbranched alkanes of at least 4 members (excludes halogenated alkanes) is 1. The maximum atomic E-state index is 14.5. The first kappa shape index (κ1) is 104. The fourth-order valence-corrected chi connectivity index (χ4v) is 12.5. The summed E-state index contributed by atoms with van der Waals surface area (Å²) in [5.41, 5.74) is 17.1. The molecule has 0 aromatic heterocycles. The van der Waals surface area contributed by atoms with Crippen LogP contribution >= 0.6 is 11.8 Å². The number of carbonyl (C=O) groups is 18. The number of likely N-dealkylation sites (tertiary alicyclic amines) is 1. The van der Waals surface area contributed by atoms with Crippen molar-refractivity contribution in [2.24, 2.45) is 35.0 Å². The Morgan fingerprint density at radius 3 is 1.34 bits per heavy atom. The van der Waals surface area contributed by atoms with E-state index < -0.39 is 267 Å². The molecule has 118 heavy (non-hydrogen) atoms. The lowest BCUT2D eigenvalue weighted by Crippen LogP contribution is -2.63. The van der Waals surface area contributed by atoms with Crippen LogP contribution in [0.15, 0.2) is 30.3 Å². The largest absolute Gasteiger partial charge is 0.481 e. The minimum absolute atomic E-state index is 0.0103. The lowest BCUT2D eigenvalue weighted by atomic mass is 9.98. The first-order valence-corrected chi connectivity index (χ1v) is 40.3. The average Bonchev–Trinajstić information content (AvgIpc) is 1.64. The molecule has 44 heteroatoms. The highest BCUT2D eigenvalue weighted by atomic mass is 32.2. The molecule has 1 aromatic rings. The van der Waals surface area contributed by atoms with Crippen LogP contribution in [0.25, 0.3) is 0 Å². The predicted octanol–water partition coefficient (Wildman–Crippen LogP) is -8.43. The number of amides is 16. The molecule has 1 heterocycles. The molecule has 27 N–H and O–H groups in total. The molecule has 16 amide bonds. The van der Waals surface area contributed by atoms with Crippen molar-refractivity contribution in [1.82, 2.24) is 79.3 Å². The smallest absolute Gasteiger partial charge is 0.326 e. The van der Waals surface area contributed by atoms with Gasteiger partial charge in [-0.15, -0.1) is 0 Å². The number of rotatable bonds is 55. The lowest BCUT2D eigenvalue weighted by Gasteiger charge is -2.32. The van der Waals surface area contributed by atoms with Gasteiger partial charge >= 0.3 is 11.9 Å². The first-order valence-electron chi connectivity index (χ1n) is 38.9. The van der Waals surface area contributed by atoms with Gasteiger partial charge in [-0.1, -0.05) is 71.9 Å². The van der Waals surface area contributed by atoms with E-state index in [1.807, 2.05) is 0 Å². The Morgan fingerprint density at radius 1 is 0.466 bits per heavy atom. The Hall–Kier alpha value is -10.2. The quantitative estimate of drug-likeness (QED) is 0.0269. The van der Waals surface area contributed by atoms with Crippen molar-refractivity contribution in [2.45, 2.75) is 249 Å². The van der Waals surface area contributed by atoms with Gasteiger partial charge in [0, 0.05) is 25.8 Å². The third-order valence-corrected chi connectivity index (χ3v) is 19.2. The minimum atomic E-state index is -2.03. The Kier molecular flexibility index (Phi) is 46.8. The molecule has 1 aliphatic rings. The molecule has 0 radical (unpaired) electrons. The molecule has 664 valence electrons. The van der Waals surface area contributed by atoms with Crippen molar-refractivity contribution in [3.05, 3.63) is 35.9 Å². The highest BCUT2D eigenvalue weighted by Crippen LogP contribution is 2.22. The molecule has 1 aromatic carbocycles. The summed E-state index contributed by atoms with van der Waals surface area (Å²) in [6, 6.07) is -14.9. The van der Waals surface area contributed by atoms with Crippen molar-refractivity contribution in [3.8, 4) is 0 Å². The van der Waals surface area contributed by atoms with Gasteiger partial charge in [-0.25, -0.2) is 4.79 Å². The number of aliphatic hydroxyl groups is 5. The zero-order chi connectivity index (χ0) is 89.4. The van der Waals surface area contributed by atoms with E-state index in [1.165, 1.54) is 18.7 Å². The zero-order valence-corrected chi connectivity index (χ0v) is 69.0. The van der Waals surface area contributed by atoms with Crippen LogP contribution in [0.4, 0.5) is 0 Å². The highest BCUT2D eigenvalue weighted by molar-refractivity contribution is 7.98. The van der Waals surface area contributed by atoms with E-state index >= 15 is 0 Å². The number of nitrogens with zero attached hydrogens (tertiary/aromatic N) is 1.